The number of quaternary nitrogens is 10. The molecule has 0 amide bonds. The van der Waals surface area contributed by atoms with Crippen molar-refractivity contribution in [2.24, 2.45) is 17.3 Å². The molecule has 23 N–H and O–H groups in total. The molecule has 11 nitrogen and oxygen atoms in total. The third kappa shape index (κ3) is 95.9. The Labute approximate surface area is 613 Å². The van der Waals surface area contributed by atoms with Crippen molar-refractivity contribution in [1.82, 2.24) is 0 Å². The molecule has 0 bridgehead atoms. The van der Waals surface area contributed by atoms with Crippen LogP contribution in [0.25, 0.3) is 0 Å². The predicted molar refractivity (Wildman–Crippen MR) is 441 cm³/mol. The molecule has 0 aromatic heterocycles. The van der Waals surface area contributed by atoms with Gasteiger partial charge in [-0.15, -0.1) is 0 Å². The maximum atomic E-state index is 4.01. The quantitative estimate of drug-likeness (QED) is 0.0228. The first kappa shape index (κ1) is 111. The number of nitrogens with two attached hydrogens (primary N) is 8. The Morgan fingerprint density at radius 1 is 0.351 bits per heavy atom. The smallest absolute Gasteiger partial charge is 0.131 e. The Kier molecular flexibility index (Phi) is 117. The zero-order valence-electron chi connectivity index (χ0n) is 71.7. The Hall–Kier alpha value is -2.16. The summed E-state index contributed by atoms with van der Waals surface area (Å²) in [6, 6.07) is 15.2. The summed E-state index contributed by atoms with van der Waals surface area (Å²) in [5.74, 6) is 2.01. The van der Waals surface area contributed by atoms with E-state index in [1.165, 1.54) is 312 Å². The average Bonchev–Trinajstić information content (AvgIpc) is 1.41. The van der Waals surface area contributed by atoms with Crippen LogP contribution < -0.4 is 59.3 Å². The van der Waals surface area contributed by atoms with Crippen LogP contribution in [0.1, 0.15) is 354 Å². The molecule has 0 radical (unpaired) electrons. The van der Waals surface area contributed by atoms with E-state index in [9.17, 15) is 0 Å². The summed E-state index contributed by atoms with van der Waals surface area (Å²) in [5, 5.41) is 21.4. The minimum absolute atomic E-state index is 0.406. The van der Waals surface area contributed by atoms with Gasteiger partial charge in [0.25, 0.3) is 0 Å². The molecule has 0 aliphatic carbocycles. The molecule has 2 aromatic rings. The minimum atomic E-state index is 0.406. The Balaban J connectivity index is -0.000000152. The van der Waals surface area contributed by atoms with Gasteiger partial charge < -0.3 is 59.3 Å². The van der Waals surface area contributed by atoms with E-state index >= 15 is 0 Å². The zero-order chi connectivity index (χ0) is 74.8. The molecule has 0 unspecified atom stereocenters. The third-order valence-electron chi connectivity index (χ3n) is 18.0. The monoisotopic (exact) mass is 1380 g/mol. The van der Waals surface area contributed by atoms with Crippen LogP contribution >= 0.6 is 0 Å². The van der Waals surface area contributed by atoms with Gasteiger partial charge in [-0.2, -0.15) is 0 Å². The number of benzene rings is 2. The van der Waals surface area contributed by atoms with Gasteiger partial charge in [0.15, 0.2) is 0 Å². The van der Waals surface area contributed by atoms with Gasteiger partial charge in [0.2, 0.25) is 0 Å². The molecule has 2 rings (SSSR count). The predicted octanol–water partition coefficient (Wildman–Crippen LogP) is 13.0. The summed E-state index contributed by atoms with van der Waals surface area (Å²) in [6.07, 6.45) is 50.7. The second-order valence-corrected chi connectivity index (χ2v) is 27.6. The van der Waals surface area contributed by atoms with Crippen LogP contribution in [0.3, 0.4) is 0 Å². The molecule has 0 saturated heterocycles. The third-order valence-corrected chi connectivity index (χ3v) is 18.0. The summed E-state index contributed by atoms with van der Waals surface area (Å²) in [6.45, 7) is 51.9. The second-order valence-electron chi connectivity index (χ2n) is 27.6. The van der Waals surface area contributed by atoms with Gasteiger partial charge in [-0.3, -0.25) is 0 Å². The molecule has 0 aliphatic rings. The molecule has 97 heavy (non-hydrogen) atoms. The van der Waals surface area contributed by atoms with Crippen LogP contribution in [-0.2, 0) is 12.8 Å². The van der Waals surface area contributed by atoms with E-state index in [0.717, 1.165) is 37.8 Å². The minimum Gasteiger partial charge on any atom is -0.388 e. The SMILES string of the molecule is CCCC(CCC)C[NH2+]C.CCCC(C[NH3+])(C[NH3+])C[NH2+]C.CCCCC.CCCCC(CCCC)CCCC.CCCCCCC.CCCCC[NH2+]CC.CCCC[NH2+]CCCC.CCCC[NH2+]CCCCC[NH2+]C.CCc1cc(NC)cc([NH2+]C)c1.CCc1ccc([NH2+]C)cc1. The summed E-state index contributed by atoms with van der Waals surface area (Å²) < 4.78 is 0. The lowest BCUT2D eigenvalue weighted by molar-refractivity contribution is -0.655. The van der Waals surface area contributed by atoms with Gasteiger partial charge in [0, 0.05) is 30.8 Å². The number of hydrogen-bond acceptors (Lipinski definition) is 1. The van der Waals surface area contributed by atoms with E-state index in [1.807, 2.05) is 7.05 Å². The lowest BCUT2D eigenvalue weighted by Gasteiger charge is -2.23. The van der Waals surface area contributed by atoms with Crippen LogP contribution in [0.5, 0.6) is 0 Å². The number of nitrogens with one attached hydrogen (secondary N) is 1. The number of aryl methyl sites for hydroxylation is 2. The van der Waals surface area contributed by atoms with E-state index in [1.54, 1.807) is 0 Å². The van der Waals surface area contributed by atoms with Crippen LogP contribution in [-0.4, -0.2) is 114 Å². The maximum absolute atomic E-state index is 4.01. The van der Waals surface area contributed by atoms with Crippen molar-refractivity contribution in [2.45, 2.75) is 355 Å². The Morgan fingerprint density at radius 3 is 1.09 bits per heavy atom. The normalized spacial score (nSPS) is 10.3. The van der Waals surface area contributed by atoms with Crippen molar-refractivity contribution in [1.29, 1.82) is 0 Å². The fourth-order valence-corrected chi connectivity index (χ4v) is 11.2. The van der Waals surface area contributed by atoms with Gasteiger partial charge in [-0.25, -0.2) is 0 Å². The summed E-state index contributed by atoms with van der Waals surface area (Å²) in [7, 11) is 12.5. The second kappa shape index (κ2) is 102. The molecule has 0 fully saturated rings. The van der Waals surface area contributed by atoms with Crippen LogP contribution in [0.15, 0.2) is 42.5 Å². The van der Waals surface area contributed by atoms with Crippen LogP contribution in [0.2, 0.25) is 0 Å². The first-order chi connectivity index (χ1) is 47.2. The van der Waals surface area contributed by atoms with Crippen molar-refractivity contribution in [3.05, 3.63) is 53.6 Å². The Morgan fingerprint density at radius 2 is 0.753 bits per heavy atom. The number of anilines is 1. The molecular weight excluding hydrogens is 1190 g/mol. The van der Waals surface area contributed by atoms with Gasteiger partial charge in [-0.1, -0.05) is 277 Å². The van der Waals surface area contributed by atoms with Crippen molar-refractivity contribution in [3.63, 3.8) is 0 Å². The van der Waals surface area contributed by atoms with Gasteiger partial charge in [0.1, 0.15) is 16.8 Å². The molecule has 0 heterocycles. The lowest BCUT2D eigenvalue weighted by Crippen LogP contribution is -2.87. The van der Waals surface area contributed by atoms with Gasteiger partial charge >= 0.3 is 0 Å². The van der Waals surface area contributed by atoms with Gasteiger partial charge in [-0.05, 0) is 126 Å². The molecule has 0 saturated carbocycles. The van der Waals surface area contributed by atoms with Crippen LogP contribution in [0.4, 0.5) is 17.1 Å². The standard InChI is InChI=1S/C13H28.C10H16N2.C10H24N2.C9H13N.C9H21N.C8H21N3.C8H19N.C7H17N.C7H16.C5H12/c1-4-7-10-13(11-8-5-2)12-9-6-3;1-4-8-5-9(11-2)7-10(6-8)12-3;1-3-4-9-12-10-7-5-6-8-11-2;1-3-8-4-6-9(10-2)7-5-8;1-4-6-9(7-5-2)8-10-3;1-3-4-8(5-9,6-10)7-11-2;1-3-5-7-9-8-6-4-2;1-3-5-6-7-8-4-2;1-3-5-7-6-4-2;1-3-5-4-2/h13H,4-12H2,1-3H3;5-7,11-12H,4H2,1-3H3;11-12H,3-10H2,1-2H3;4-7,10H,3H2,1-2H3;9-10H,4-8H2,1-3H3;11H,3-7,9-10H2,1-2H3;9H,3-8H2,1-2H3;8H,3-7H2,1-2H3;3-7H2,1-2H3;3-5H2,1-2H3/p+10. The highest BCUT2D eigenvalue weighted by atomic mass is 14.9. The van der Waals surface area contributed by atoms with Crippen molar-refractivity contribution >= 4 is 17.1 Å². The molecular formula is C86H197N11+10. The topological polar surface area (TPSA) is 200 Å². The van der Waals surface area contributed by atoms with E-state index in [4.69, 9.17) is 0 Å². The summed E-state index contributed by atoms with van der Waals surface area (Å²) in [5.41, 5.74) is 15.0. The van der Waals surface area contributed by atoms with E-state index < -0.39 is 0 Å². The fourth-order valence-electron chi connectivity index (χ4n) is 11.2. The highest BCUT2D eigenvalue weighted by Gasteiger charge is 2.32. The van der Waals surface area contributed by atoms with E-state index in [2.05, 4.69) is 255 Å². The van der Waals surface area contributed by atoms with Crippen LogP contribution in [0, 0.1) is 17.3 Å². The number of hydrogen-bond donors (Lipinski definition) is 11. The molecule has 2 aromatic carbocycles. The molecule has 0 aliphatic heterocycles. The van der Waals surface area contributed by atoms with Crippen molar-refractivity contribution in [2.75, 3.05) is 120 Å². The summed E-state index contributed by atoms with van der Waals surface area (Å²) in [4.78, 5) is 0. The largest absolute Gasteiger partial charge is 0.388 e. The van der Waals surface area contributed by atoms with Crippen molar-refractivity contribution in [3.8, 4) is 0 Å². The molecule has 0 spiro atoms. The van der Waals surface area contributed by atoms with E-state index in [0.29, 0.717) is 5.41 Å². The first-order valence-electron chi connectivity index (χ1n) is 43.0. The average molecular weight is 1390 g/mol. The number of unbranched alkanes of at least 4 members (excludes halogenated alkanes) is 16. The number of rotatable bonds is 52. The summed E-state index contributed by atoms with van der Waals surface area (Å²) >= 11 is 0. The fraction of sp³-hybridized carbons (Fsp3) is 0.860. The Bertz CT molecular complexity index is 1430. The highest BCUT2D eigenvalue weighted by Crippen LogP contribution is 2.22. The molecule has 586 valence electrons. The molecule has 11 heteroatoms. The zero-order valence-corrected chi connectivity index (χ0v) is 71.7. The highest BCUT2D eigenvalue weighted by molar-refractivity contribution is 5.53. The maximum Gasteiger partial charge on any atom is 0.131 e. The molecule has 0 atom stereocenters. The van der Waals surface area contributed by atoms with E-state index in [-0.39, 0.29) is 0 Å². The van der Waals surface area contributed by atoms with Gasteiger partial charge in [0.05, 0.1) is 107 Å². The lowest BCUT2D eigenvalue weighted by atomic mass is 9.83. The van der Waals surface area contributed by atoms with Crippen molar-refractivity contribution < 1.29 is 54.0 Å². The first-order valence-corrected chi connectivity index (χ1v) is 43.0.